The summed E-state index contributed by atoms with van der Waals surface area (Å²) >= 11 is 0. The van der Waals surface area contributed by atoms with Gasteiger partial charge in [-0.2, -0.15) is 4.98 Å². The Kier molecular flexibility index (Phi) is 4.32. The minimum absolute atomic E-state index is 0.102. The molecular weight excluding hydrogens is 238 g/mol. The van der Waals surface area contributed by atoms with Gasteiger partial charge in [-0.25, -0.2) is 0 Å². The maximum Gasteiger partial charge on any atom is 0.243 e. The molecule has 1 atom stereocenters. The van der Waals surface area contributed by atoms with Crippen molar-refractivity contribution >= 4 is 0 Å². The van der Waals surface area contributed by atoms with Crippen molar-refractivity contribution in [3.63, 3.8) is 0 Å². The first-order valence-corrected chi connectivity index (χ1v) is 6.71. The predicted molar refractivity (Wildman–Crippen MR) is 75.1 cm³/mol. The number of aromatic nitrogens is 2. The molecule has 0 fully saturated rings. The summed E-state index contributed by atoms with van der Waals surface area (Å²) in [6.45, 7) is 9.17. The van der Waals surface area contributed by atoms with E-state index in [-0.39, 0.29) is 6.04 Å². The van der Waals surface area contributed by atoms with Gasteiger partial charge in [0.25, 0.3) is 0 Å². The Hall–Kier alpha value is -1.68. The van der Waals surface area contributed by atoms with E-state index in [0.717, 1.165) is 12.4 Å². The van der Waals surface area contributed by atoms with Crippen molar-refractivity contribution in [3.05, 3.63) is 46.6 Å². The normalized spacial score (nSPS) is 12.6. The molecule has 1 unspecified atom stereocenters. The summed E-state index contributed by atoms with van der Waals surface area (Å²) in [7, 11) is 0. The van der Waals surface area contributed by atoms with Gasteiger partial charge in [0, 0.05) is 6.42 Å². The molecule has 1 aromatic carbocycles. The highest BCUT2D eigenvalue weighted by Crippen LogP contribution is 2.14. The first kappa shape index (κ1) is 13.7. The fourth-order valence-electron chi connectivity index (χ4n) is 2.26. The van der Waals surface area contributed by atoms with Crippen LogP contribution in [-0.2, 0) is 6.42 Å². The van der Waals surface area contributed by atoms with Gasteiger partial charge in [-0.05, 0) is 32.9 Å². The fourth-order valence-corrected chi connectivity index (χ4v) is 2.26. The first-order valence-electron chi connectivity index (χ1n) is 6.71. The zero-order valence-corrected chi connectivity index (χ0v) is 12.0. The molecule has 0 saturated carbocycles. The third-order valence-electron chi connectivity index (χ3n) is 3.01. The van der Waals surface area contributed by atoms with Crippen LogP contribution < -0.4 is 5.32 Å². The Morgan fingerprint density at radius 1 is 1.21 bits per heavy atom. The molecule has 2 aromatic rings. The van der Waals surface area contributed by atoms with Gasteiger partial charge >= 0.3 is 0 Å². The van der Waals surface area contributed by atoms with E-state index < -0.39 is 0 Å². The molecule has 2 rings (SSSR count). The number of nitrogens with one attached hydrogen (secondary N) is 1. The Morgan fingerprint density at radius 3 is 2.53 bits per heavy atom. The van der Waals surface area contributed by atoms with E-state index in [1.54, 1.807) is 0 Å². The van der Waals surface area contributed by atoms with Crippen LogP contribution in [0.2, 0.25) is 0 Å². The molecule has 0 aliphatic rings. The van der Waals surface area contributed by atoms with E-state index in [0.29, 0.717) is 12.3 Å². The first-order chi connectivity index (χ1) is 9.08. The summed E-state index contributed by atoms with van der Waals surface area (Å²) in [5, 5.41) is 7.31. The lowest BCUT2D eigenvalue weighted by molar-refractivity contribution is 0.339. The van der Waals surface area contributed by atoms with Gasteiger partial charge in [-0.3, -0.25) is 0 Å². The van der Waals surface area contributed by atoms with Crippen molar-refractivity contribution < 1.29 is 4.52 Å². The Morgan fingerprint density at radius 2 is 1.89 bits per heavy atom. The molecule has 19 heavy (non-hydrogen) atoms. The summed E-state index contributed by atoms with van der Waals surface area (Å²) in [5.74, 6) is 1.39. The van der Waals surface area contributed by atoms with Gasteiger partial charge in [-0.1, -0.05) is 41.4 Å². The van der Waals surface area contributed by atoms with E-state index >= 15 is 0 Å². The zero-order valence-electron chi connectivity index (χ0n) is 12.0. The smallest absolute Gasteiger partial charge is 0.243 e. The van der Waals surface area contributed by atoms with E-state index in [2.05, 4.69) is 54.4 Å². The summed E-state index contributed by atoms with van der Waals surface area (Å²) < 4.78 is 5.29. The minimum atomic E-state index is 0.102. The second-order valence-electron chi connectivity index (χ2n) is 5.00. The van der Waals surface area contributed by atoms with E-state index in [9.17, 15) is 0 Å². The molecule has 0 bridgehead atoms. The lowest BCUT2D eigenvalue weighted by Gasteiger charge is -2.05. The van der Waals surface area contributed by atoms with Crippen LogP contribution in [0.15, 0.2) is 22.7 Å². The summed E-state index contributed by atoms with van der Waals surface area (Å²) in [5.41, 5.74) is 3.75. The minimum Gasteiger partial charge on any atom is -0.338 e. The number of aryl methyl sites for hydroxylation is 2. The molecule has 102 valence electrons. The molecule has 4 heteroatoms. The molecule has 0 aliphatic heterocycles. The maximum atomic E-state index is 5.29. The number of hydrogen-bond acceptors (Lipinski definition) is 4. The average molecular weight is 259 g/mol. The highest BCUT2D eigenvalue weighted by Gasteiger charge is 2.13. The van der Waals surface area contributed by atoms with Gasteiger partial charge in [0.05, 0.1) is 6.04 Å². The standard InChI is InChI=1S/C15H21N3O/c1-5-16-12(4)15-17-14(18-19-15)9-13-7-10(2)6-11(3)8-13/h6-8,12,16H,5,9H2,1-4H3. The third-order valence-corrected chi connectivity index (χ3v) is 3.01. The molecule has 0 amide bonds. The highest BCUT2D eigenvalue weighted by atomic mass is 16.5. The molecular formula is C15H21N3O. The molecule has 1 N–H and O–H groups in total. The van der Waals surface area contributed by atoms with Crippen molar-refractivity contribution in [1.82, 2.24) is 15.5 Å². The third kappa shape index (κ3) is 3.64. The number of rotatable bonds is 5. The van der Waals surface area contributed by atoms with Crippen molar-refractivity contribution in [2.24, 2.45) is 0 Å². The van der Waals surface area contributed by atoms with Crippen LogP contribution in [0.1, 0.15) is 48.3 Å². The van der Waals surface area contributed by atoms with Crippen molar-refractivity contribution in [1.29, 1.82) is 0 Å². The number of benzene rings is 1. The van der Waals surface area contributed by atoms with Crippen LogP contribution in [0, 0.1) is 13.8 Å². The fraction of sp³-hybridized carbons (Fsp3) is 0.467. The largest absolute Gasteiger partial charge is 0.338 e. The van der Waals surface area contributed by atoms with Gasteiger partial charge in [0.1, 0.15) is 0 Å². The molecule has 4 nitrogen and oxygen atoms in total. The van der Waals surface area contributed by atoms with E-state index in [4.69, 9.17) is 4.52 Å². The van der Waals surface area contributed by atoms with Gasteiger partial charge in [0.15, 0.2) is 5.82 Å². The summed E-state index contributed by atoms with van der Waals surface area (Å²) in [6, 6.07) is 6.59. The van der Waals surface area contributed by atoms with Crippen LogP contribution in [-0.4, -0.2) is 16.7 Å². The van der Waals surface area contributed by atoms with Crippen molar-refractivity contribution in [3.8, 4) is 0 Å². The topological polar surface area (TPSA) is 51.0 Å². The van der Waals surface area contributed by atoms with Crippen LogP contribution in [0.3, 0.4) is 0 Å². The quantitative estimate of drug-likeness (QED) is 0.897. The Balaban J connectivity index is 2.11. The van der Waals surface area contributed by atoms with Crippen LogP contribution >= 0.6 is 0 Å². The summed E-state index contributed by atoms with van der Waals surface area (Å²) in [6.07, 6.45) is 0.713. The average Bonchev–Trinajstić information content (AvgIpc) is 2.76. The van der Waals surface area contributed by atoms with Gasteiger partial charge < -0.3 is 9.84 Å². The molecule has 0 radical (unpaired) electrons. The SMILES string of the molecule is CCNC(C)c1nc(Cc2cc(C)cc(C)c2)no1. The van der Waals surface area contributed by atoms with Crippen LogP contribution in [0.4, 0.5) is 0 Å². The highest BCUT2D eigenvalue weighted by molar-refractivity contribution is 5.30. The molecule has 0 spiro atoms. The number of nitrogens with zero attached hydrogens (tertiary/aromatic N) is 2. The van der Waals surface area contributed by atoms with Crippen LogP contribution in [0.25, 0.3) is 0 Å². The van der Waals surface area contributed by atoms with Gasteiger partial charge in [-0.15, -0.1) is 0 Å². The predicted octanol–water partition coefficient (Wildman–Crippen LogP) is 2.95. The molecule has 1 aromatic heterocycles. The number of hydrogen-bond donors (Lipinski definition) is 1. The Labute approximate surface area is 114 Å². The lowest BCUT2D eigenvalue weighted by Crippen LogP contribution is -2.17. The van der Waals surface area contributed by atoms with Crippen molar-refractivity contribution in [2.75, 3.05) is 6.54 Å². The second kappa shape index (κ2) is 5.97. The monoisotopic (exact) mass is 259 g/mol. The molecule has 0 aliphatic carbocycles. The van der Waals surface area contributed by atoms with Crippen molar-refractivity contribution in [2.45, 2.75) is 40.2 Å². The van der Waals surface area contributed by atoms with Crippen LogP contribution in [0.5, 0.6) is 0 Å². The Bertz CT molecular complexity index is 528. The van der Waals surface area contributed by atoms with E-state index in [1.807, 2.05) is 6.92 Å². The zero-order chi connectivity index (χ0) is 13.8. The lowest BCUT2D eigenvalue weighted by atomic mass is 10.1. The summed E-state index contributed by atoms with van der Waals surface area (Å²) in [4.78, 5) is 4.44. The maximum absolute atomic E-state index is 5.29. The van der Waals surface area contributed by atoms with E-state index in [1.165, 1.54) is 16.7 Å². The molecule has 1 heterocycles. The molecule has 0 saturated heterocycles. The second-order valence-corrected chi connectivity index (χ2v) is 5.00. The van der Waals surface area contributed by atoms with Gasteiger partial charge in [0.2, 0.25) is 5.89 Å².